The topological polar surface area (TPSA) is 373 Å². The Morgan fingerprint density at radius 2 is 1.07 bits per heavy atom. The van der Waals surface area contributed by atoms with Crippen molar-refractivity contribution in [1.29, 1.82) is 0 Å². The maximum Gasteiger partial charge on any atom is 0.364 e. The fraction of sp³-hybridized carbons (Fsp3) is 0.923. The molecule has 88 heavy (non-hydrogen) atoms. The van der Waals surface area contributed by atoms with Crippen LogP contribution in [0.15, 0.2) is 12.2 Å². The summed E-state index contributed by atoms with van der Waals surface area (Å²) in [4.78, 5) is 38.4. The van der Waals surface area contributed by atoms with Gasteiger partial charge in [-0.15, -0.1) is 0 Å². The molecule has 0 aliphatic carbocycles. The highest BCUT2D eigenvalue weighted by molar-refractivity contribution is 5.77. The molecule has 0 spiro atoms. The number of hydrogen-bond donors (Lipinski definition) is 14. The quantitative estimate of drug-likeness (QED) is 0.0264. The first-order valence-corrected chi connectivity index (χ1v) is 34.0. The van der Waals surface area contributed by atoms with E-state index in [-0.39, 0.29) is 18.9 Å². The number of aliphatic hydroxyl groups is 11. The van der Waals surface area contributed by atoms with E-state index in [1.165, 1.54) is 128 Å². The minimum Gasteiger partial charge on any atom is -0.477 e. The lowest BCUT2D eigenvalue weighted by molar-refractivity contribution is -0.386. The number of ether oxygens (including phenoxy) is 6. The van der Waals surface area contributed by atoms with E-state index in [4.69, 9.17) is 28.4 Å². The summed E-state index contributed by atoms with van der Waals surface area (Å²) in [6.45, 7) is 2.15. The van der Waals surface area contributed by atoms with Gasteiger partial charge in [-0.1, -0.05) is 206 Å². The lowest BCUT2D eigenvalue weighted by Crippen LogP contribution is -2.70. The molecule has 14 N–H and O–H groups in total. The smallest absolute Gasteiger partial charge is 0.364 e. The van der Waals surface area contributed by atoms with Crippen molar-refractivity contribution in [3.8, 4) is 0 Å². The van der Waals surface area contributed by atoms with Gasteiger partial charge < -0.3 is 100 Å². The maximum absolute atomic E-state index is 13.4. The first-order chi connectivity index (χ1) is 42.4. The van der Waals surface area contributed by atoms with Crippen LogP contribution in [-0.4, -0.2) is 215 Å². The van der Waals surface area contributed by atoms with Crippen molar-refractivity contribution in [3.05, 3.63) is 12.2 Å². The van der Waals surface area contributed by atoms with Gasteiger partial charge in [-0.25, -0.2) is 4.79 Å². The average molecular weight is 1270 g/mol. The van der Waals surface area contributed by atoms with Crippen LogP contribution in [0.25, 0.3) is 0 Å². The maximum atomic E-state index is 13.4. The summed E-state index contributed by atoms with van der Waals surface area (Å²) in [6, 6.07) is -2.53. The third kappa shape index (κ3) is 29.2. The minimum atomic E-state index is -3.08. The van der Waals surface area contributed by atoms with Crippen molar-refractivity contribution in [2.24, 2.45) is 0 Å². The molecule has 516 valence electrons. The van der Waals surface area contributed by atoms with E-state index in [1.807, 2.05) is 0 Å². The second-order valence-corrected chi connectivity index (χ2v) is 25.0. The lowest BCUT2D eigenvalue weighted by Gasteiger charge is -2.50. The molecule has 3 rings (SSSR count). The second-order valence-electron chi connectivity index (χ2n) is 25.0. The van der Waals surface area contributed by atoms with Gasteiger partial charge in [-0.05, 0) is 32.1 Å². The second kappa shape index (κ2) is 46.5. The largest absolute Gasteiger partial charge is 0.477 e. The van der Waals surface area contributed by atoms with Gasteiger partial charge in [-0.2, -0.15) is 0 Å². The number of hydrogen-bond acceptors (Lipinski definition) is 20. The molecule has 3 fully saturated rings. The van der Waals surface area contributed by atoms with E-state index >= 15 is 0 Å². The number of unbranched alkanes of at least 4 members (excludes halogenated alkanes) is 29. The summed E-state index contributed by atoms with van der Waals surface area (Å²) in [5.41, 5.74) is 0. The van der Waals surface area contributed by atoms with Crippen LogP contribution in [0.4, 0.5) is 0 Å². The summed E-state index contributed by atoms with van der Waals surface area (Å²) < 4.78 is 34.8. The molecule has 0 aromatic heterocycles. The van der Waals surface area contributed by atoms with Crippen molar-refractivity contribution >= 4 is 17.8 Å². The zero-order chi connectivity index (χ0) is 64.7. The first-order valence-electron chi connectivity index (χ1n) is 34.0. The van der Waals surface area contributed by atoms with Crippen LogP contribution in [0.2, 0.25) is 0 Å². The number of amides is 2. The Labute approximate surface area is 524 Å². The standard InChI is InChI=1S/C65H120N2O21/c1-4-6-8-10-12-14-16-17-18-19-20-21-22-23-24-25-26-27-29-30-32-34-36-38-47(72)46(67-52(75)39-37-35-33-31-28-15-13-11-9-7-5-2)44-83-62-57(79)56(78)59(51(43-70)85-62)86-63-58(80)61(55(77)50(42-69)84-63)88-65(64(81)82)40-48(73)53(66-45(3)71)60(87-65)54(76)49(74)41-68/h11,13,46-51,53-63,68-70,72-74,76-80H,4-10,12,14-44H2,1-3H3,(H,66,71)(H,67,75)(H,81,82)/b13-11-. The Balaban J connectivity index is 1.57. The van der Waals surface area contributed by atoms with Gasteiger partial charge in [0.25, 0.3) is 5.79 Å². The van der Waals surface area contributed by atoms with E-state index in [9.17, 15) is 75.7 Å². The highest BCUT2D eigenvalue weighted by Gasteiger charge is 2.60. The Morgan fingerprint density at radius 1 is 0.580 bits per heavy atom. The van der Waals surface area contributed by atoms with Gasteiger partial charge in [0.2, 0.25) is 11.8 Å². The molecule has 3 heterocycles. The Bertz CT molecular complexity index is 1840. The van der Waals surface area contributed by atoms with E-state index in [1.54, 1.807) is 0 Å². The van der Waals surface area contributed by atoms with Crippen LogP contribution in [-0.2, 0) is 42.8 Å². The first kappa shape index (κ1) is 79.7. The molecule has 3 aliphatic rings. The minimum absolute atomic E-state index is 0.214. The van der Waals surface area contributed by atoms with Crippen LogP contribution < -0.4 is 10.6 Å². The van der Waals surface area contributed by atoms with E-state index in [0.717, 1.165) is 71.1 Å². The van der Waals surface area contributed by atoms with Gasteiger partial charge in [0.15, 0.2) is 12.6 Å². The number of carboxylic acids is 1. The lowest BCUT2D eigenvalue weighted by atomic mass is 9.88. The Hall–Kier alpha value is -2.53. The van der Waals surface area contributed by atoms with Crippen LogP contribution in [0.5, 0.6) is 0 Å². The van der Waals surface area contributed by atoms with Gasteiger partial charge in [0, 0.05) is 19.8 Å². The molecule has 3 aliphatic heterocycles. The number of carbonyl (C=O) groups excluding carboxylic acids is 2. The van der Waals surface area contributed by atoms with Crippen molar-refractivity contribution < 1.29 is 104 Å². The highest BCUT2D eigenvalue weighted by atomic mass is 16.8. The molecule has 2 amide bonds. The van der Waals surface area contributed by atoms with Gasteiger partial charge in [0.05, 0.1) is 50.7 Å². The van der Waals surface area contributed by atoms with E-state index in [2.05, 4.69) is 36.6 Å². The number of rotatable bonds is 51. The van der Waals surface area contributed by atoms with Crippen molar-refractivity contribution in [1.82, 2.24) is 10.6 Å². The van der Waals surface area contributed by atoms with Gasteiger partial charge in [0.1, 0.15) is 67.1 Å². The number of nitrogens with one attached hydrogen (secondary N) is 2. The zero-order valence-electron chi connectivity index (χ0n) is 53.6. The zero-order valence-corrected chi connectivity index (χ0v) is 53.6. The number of aliphatic hydroxyl groups excluding tert-OH is 11. The van der Waals surface area contributed by atoms with Crippen LogP contribution in [0.1, 0.15) is 245 Å². The molecule has 0 saturated carbocycles. The summed E-state index contributed by atoms with van der Waals surface area (Å²) >= 11 is 0. The summed E-state index contributed by atoms with van der Waals surface area (Å²) in [7, 11) is 0. The molecule has 0 aromatic rings. The van der Waals surface area contributed by atoms with Crippen LogP contribution in [0.3, 0.4) is 0 Å². The van der Waals surface area contributed by atoms with Crippen molar-refractivity contribution in [3.63, 3.8) is 0 Å². The molecule has 3 saturated heterocycles. The number of carbonyl (C=O) groups is 3. The molecule has 23 heteroatoms. The van der Waals surface area contributed by atoms with E-state index < -0.39 is 148 Å². The summed E-state index contributed by atoms with van der Waals surface area (Å²) in [5, 5.41) is 136. The molecular formula is C65H120N2O21. The average Bonchev–Trinajstić information content (AvgIpc) is 1.07. The highest BCUT2D eigenvalue weighted by Crippen LogP contribution is 2.39. The number of allylic oxidation sites excluding steroid dienone is 2. The van der Waals surface area contributed by atoms with Crippen molar-refractivity contribution in [2.45, 2.75) is 355 Å². The Morgan fingerprint density at radius 3 is 1.57 bits per heavy atom. The van der Waals surface area contributed by atoms with Gasteiger partial charge >= 0.3 is 5.97 Å². The molecule has 0 bridgehead atoms. The van der Waals surface area contributed by atoms with Crippen LogP contribution >= 0.6 is 0 Å². The molecule has 18 unspecified atom stereocenters. The fourth-order valence-corrected chi connectivity index (χ4v) is 12.0. The van der Waals surface area contributed by atoms with Crippen molar-refractivity contribution in [2.75, 3.05) is 26.4 Å². The number of carboxylic acid groups (broad SMARTS) is 1. The molecule has 0 radical (unpaired) electrons. The molecular weight excluding hydrogens is 1140 g/mol. The molecule has 18 atom stereocenters. The summed E-state index contributed by atoms with van der Waals surface area (Å²) in [5.74, 6) is -6.11. The monoisotopic (exact) mass is 1260 g/mol. The van der Waals surface area contributed by atoms with E-state index in [0.29, 0.717) is 19.3 Å². The number of aliphatic carboxylic acids is 1. The summed E-state index contributed by atoms with van der Waals surface area (Å²) in [6.07, 6.45) is 13.8. The predicted molar refractivity (Wildman–Crippen MR) is 329 cm³/mol. The SMILES string of the molecule is CCCC/C=C\CCCCCCCC(=O)NC(COC1OC(CO)C(OC2OC(CO)C(O)C(OC3(C(=O)O)CC(O)C(NC(C)=O)C(C(O)C(O)CO)O3)C2O)C(O)C1O)C(O)CCCCCCCCCCCCCCCCCCCCCCCCC. The molecule has 0 aromatic carbocycles. The third-order valence-electron chi connectivity index (χ3n) is 17.5. The molecule has 23 nitrogen and oxygen atoms in total. The normalized spacial score (nSPS) is 29.0. The van der Waals surface area contributed by atoms with Crippen LogP contribution in [0, 0.1) is 0 Å². The fourth-order valence-electron chi connectivity index (χ4n) is 12.0. The third-order valence-corrected chi connectivity index (χ3v) is 17.5. The van der Waals surface area contributed by atoms with Gasteiger partial charge in [-0.3, -0.25) is 9.59 Å². The Kier molecular flexibility index (Phi) is 42.1. The predicted octanol–water partition coefficient (Wildman–Crippen LogP) is 5.51.